The quantitative estimate of drug-likeness (QED) is 0.825. The summed E-state index contributed by atoms with van der Waals surface area (Å²) in [4.78, 5) is 14.8. The monoisotopic (exact) mass is 387 g/mol. The number of benzene rings is 2. The smallest absolute Gasteiger partial charge is 0.238 e. The van der Waals surface area contributed by atoms with E-state index in [0.29, 0.717) is 5.69 Å². The standard InChI is InChI=1S/C20H25N3O3S/c1-14-11-17(27(21,25)26)12-18(15(14)2)22-20(24)13-23-10-6-9-19(23)16-7-4-3-5-8-16/h3-5,7-8,11-12,19H,6,9-10,13H2,1-2H3,(H,22,24)(H2,21,25,26). The molecule has 1 fully saturated rings. The van der Waals surface area contributed by atoms with Crippen LogP contribution in [0.1, 0.15) is 35.6 Å². The van der Waals surface area contributed by atoms with E-state index in [1.54, 1.807) is 6.92 Å². The molecule has 1 saturated heterocycles. The van der Waals surface area contributed by atoms with E-state index in [1.165, 1.54) is 17.7 Å². The average Bonchev–Trinajstić information content (AvgIpc) is 3.06. The molecule has 7 heteroatoms. The van der Waals surface area contributed by atoms with Crippen molar-refractivity contribution in [3.63, 3.8) is 0 Å². The maximum atomic E-state index is 12.6. The van der Waals surface area contributed by atoms with E-state index in [1.807, 2.05) is 25.1 Å². The van der Waals surface area contributed by atoms with Gasteiger partial charge in [0.1, 0.15) is 0 Å². The van der Waals surface area contributed by atoms with Crippen LogP contribution < -0.4 is 10.5 Å². The number of hydrogen-bond donors (Lipinski definition) is 2. The Bertz CT molecular complexity index is 942. The number of sulfonamides is 1. The molecule has 0 radical (unpaired) electrons. The van der Waals surface area contributed by atoms with Gasteiger partial charge in [-0.2, -0.15) is 0 Å². The lowest BCUT2D eigenvalue weighted by Gasteiger charge is -2.24. The first kappa shape index (κ1) is 19.5. The van der Waals surface area contributed by atoms with E-state index < -0.39 is 10.0 Å². The molecule has 1 heterocycles. The highest BCUT2D eigenvalue weighted by Gasteiger charge is 2.27. The molecule has 0 saturated carbocycles. The highest BCUT2D eigenvalue weighted by Crippen LogP contribution is 2.31. The molecule has 2 aromatic rings. The fourth-order valence-electron chi connectivity index (χ4n) is 3.56. The van der Waals surface area contributed by atoms with Crippen molar-refractivity contribution in [3.05, 3.63) is 59.2 Å². The molecule has 3 N–H and O–H groups in total. The van der Waals surface area contributed by atoms with Gasteiger partial charge in [0.15, 0.2) is 0 Å². The van der Waals surface area contributed by atoms with Crippen molar-refractivity contribution in [2.24, 2.45) is 5.14 Å². The molecular weight excluding hydrogens is 362 g/mol. The van der Waals surface area contributed by atoms with Gasteiger partial charge < -0.3 is 5.32 Å². The third kappa shape index (κ3) is 4.55. The zero-order valence-corrected chi connectivity index (χ0v) is 16.4. The Kier molecular flexibility index (Phi) is 5.64. The minimum absolute atomic E-state index is 0.00392. The van der Waals surface area contributed by atoms with Crippen molar-refractivity contribution in [2.75, 3.05) is 18.4 Å². The Labute approximate surface area is 160 Å². The number of carbonyl (C=O) groups is 1. The number of nitrogens with two attached hydrogens (primary N) is 1. The first-order chi connectivity index (χ1) is 12.8. The number of aryl methyl sites for hydroxylation is 1. The van der Waals surface area contributed by atoms with Gasteiger partial charge in [0.05, 0.1) is 11.4 Å². The molecule has 27 heavy (non-hydrogen) atoms. The largest absolute Gasteiger partial charge is 0.325 e. The maximum absolute atomic E-state index is 12.6. The van der Waals surface area contributed by atoms with Crippen LogP contribution in [0.15, 0.2) is 47.4 Å². The molecule has 2 aromatic carbocycles. The summed E-state index contributed by atoms with van der Waals surface area (Å²) in [6, 6.07) is 13.4. The second kappa shape index (κ2) is 7.80. The first-order valence-corrected chi connectivity index (χ1v) is 10.5. The van der Waals surface area contributed by atoms with E-state index in [0.717, 1.165) is 30.5 Å². The molecule has 0 aliphatic carbocycles. The van der Waals surface area contributed by atoms with Gasteiger partial charge in [-0.25, -0.2) is 13.6 Å². The van der Waals surface area contributed by atoms with Crippen molar-refractivity contribution in [2.45, 2.75) is 37.6 Å². The molecule has 1 amide bonds. The van der Waals surface area contributed by atoms with Gasteiger partial charge in [-0.05, 0) is 62.1 Å². The van der Waals surface area contributed by atoms with Crippen LogP contribution in [-0.2, 0) is 14.8 Å². The lowest BCUT2D eigenvalue weighted by atomic mass is 10.0. The van der Waals surface area contributed by atoms with Crippen LogP contribution in [0.4, 0.5) is 5.69 Å². The number of amides is 1. The van der Waals surface area contributed by atoms with Crippen LogP contribution in [0.2, 0.25) is 0 Å². The third-order valence-electron chi connectivity index (χ3n) is 5.14. The molecule has 1 aliphatic rings. The summed E-state index contributed by atoms with van der Waals surface area (Å²) in [6.45, 7) is 4.77. The lowest BCUT2D eigenvalue weighted by Crippen LogP contribution is -2.33. The van der Waals surface area contributed by atoms with Crippen molar-refractivity contribution < 1.29 is 13.2 Å². The SMILES string of the molecule is Cc1cc(S(N)(=O)=O)cc(NC(=O)CN2CCCC2c2ccccc2)c1C. The number of nitrogens with zero attached hydrogens (tertiary/aromatic N) is 1. The molecular formula is C20H25N3O3S. The van der Waals surface area contributed by atoms with Crippen LogP contribution in [0, 0.1) is 13.8 Å². The van der Waals surface area contributed by atoms with Crippen molar-refractivity contribution >= 4 is 21.6 Å². The van der Waals surface area contributed by atoms with E-state index in [2.05, 4.69) is 22.3 Å². The summed E-state index contributed by atoms with van der Waals surface area (Å²) in [6.07, 6.45) is 2.07. The summed E-state index contributed by atoms with van der Waals surface area (Å²) in [5.74, 6) is -0.160. The predicted octanol–water partition coefficient (Wildman–Crippen LogP) is 2.73. The van der Waals surface area contributed by atoms with Crippen LogP contribution in [0.25, 0.3) is 0 Å². The number of hydrogen-bond acceptors (Lipinski definition) is 4. The Balaban J connectivity index is 1.75. The molecule has 3 rings (SSSR count). The number of anilines is 1. The highest BCUT2D eigenvalue weighted by atomic mass is 32.2. The number of primary sulfonamides is 1. The minimum Gasteiger partial charge on any atom is -0.325 e. The molecule has 1 atom stereocenters. The second-order valence-electron chi connectivity index (χ2n) is 7.05. The predicted molar refractivity (Wildman–Crippen MR) is 106 cm³/mol. The normalized spacial score (nSPS) is 17.8. The van der Waals surface area contributed by atoms with Gasteiger partial charge >= 0.3 is 0 Å². The van der Waals surface area contributed by atoms with Gasteiger partial charge in [-0.1, -0.05) is 30.3 Å². The lowest BCUT2D eigenvalue weighted by molar-refractivity contribution is -0.117. The third-order valence-corrected chi connectivity index (χ3v) is 6.03. The number of nitrogens with one attached hydrogen (secondary N) is 1. The van der Waals surface area contributed by atoms with Gasteiger partial charge in [-0.3, -0.25) is 9.69 Å². The molecule has 0 bridgehead atoms. The summed E-state index contributed by atoms with van der Waals surface area (Å²) < 4.78 is 23.3. The van der Waals surface area contributed by atoms with Crippen LogP contribution in [-0.4, -0.2) is 32.3 Å². The summed E-state index contributed by atoms with van der Waals surface area (Å²) >= 11 is 0. The summed E-state index contributed by atoms with van der Waals surface area (Å²) in [5, 5.41) is 8.10. The van der Waals surface area contributed by atoms with Crippen LogP contribution in [0.3, 0.4) is 0 Å². The Hall–Kier alpha value is -2.22. The second-order valence-corrected chi connectivity index (χ2v) is 8.61. The fourth-order valence-corrected chi connectivity index (χ4v) is 4.19. The number of rotatable bonds is 5. The van der Waals surface area contributed by atoms with Crippen LogP contribution >= 0.6 is 0 Å². The zero-order chi connectivity index (χ0) is 19.6. The van der Waals surface area contributed by atoms with E-state index in [9.17, 15) is 13.2 Å². The molecule has 144 valence electrons. The highest BCUT2D eigenvalue weighted by molar-refractivity contribution is 7.89. The Morgan fingerprint density at radius 1 is 1.22 bits per heavy atom. The van der Waals surface area contributed by atoms with E-state index in [-0.39, 0.29) is 23.4 Å². The zero-order valence-electron chi connectivity index (χ0n) is 15.6. The van der Waals surface area contributed by atoms with Gasteiger partial charge in [0.2, 0.25) is 15.9 Å². The van der Waals surface area contributed by atoms with Crippen molar-refractivity contribution in [1.29, 1.82) is 0 Å². The van der Waals surface area contributed by atoms with Crippen molar-refractivity contribution in [3.8, 4) is 0 Å². The number of likely N-dealkylation sites (tertiary alicyclic amines) is 1. The van der Waals surface area contributed by atoms with E-state index >= 15 is 0 Å². The van der Waals surface area contributed by atoms with E-state index in [4.69, 9.17) is 5.14 Å². The fraction of sp³-hybridized carbons (Fsp3) is 0.350. The Morgan fingerprint density at radius 3 is 2.59 bits per heavy atom. The van der Waals surface area contributed by atoms with Gasteiger partial charge in [0.25, 0.3) is 0 Å². The average molecular weight is 388 g/mol. The summed E-state index contributed by atoms with van der Waals surface area (Å²) in [5.41, 5.74) is 3.29. The van der Waals surface area contributed by atoms with Gasteiger partial charge in [-0.15, -0.1) is 0 Å². The first-order valence-electron chi connectivity index (χ1n) is 8.98. The Morgan fingerprint density at radius 2 is 1.93 bits per heavy atom. The summed E-state index contributed by atoms with van der Waals surface area (Å²) in [7, 11) is -3.83. The maximum Gasteiger partial charge on any atom is 0.238 e. The molecule has 1 unspecified atom stereocenters. The van der Waals surface area contributed by atoms with Gasteiger partial charge in [0, 0.05) is 11.7 Å². The molecule has 0 spiro atoms. The number of carbonyl (C=O) groups excluding carboxylic acids is 1. The molecule has 6 nitrogen and oxygen atoms in total. The van der Waals surface area contributed by atoms with Crippen molar-refractivity contribution in [1.82, 2.24) is 4.90 Å². The van der Waals surface area contributed by atoms with Crippen LogP contribution in [0.5, 0.6) is 0 Å². The molecule has 0 aromatic heterocycles. The topological polar surface area (TPSA) is 92.5 Å². The molecule has 1 aliphatic heterocycles. The minimum atomic E-state index is -3.83.